The van der Waals surface area contributed by atoms with Crippen molar-refractivity contribution in [2.24, 2.45) is 0 Å². The molecule has 118 valence electrons. The van der Waals surface area contributed by atoms with Gasteiger partial charge in [0, 0.05) is 24.2 Å². The maximum atomic E-state index is 6.21. The van der Waals surface area contributed by atoms with Gasteiger partial charge < -0.3 is 4.42 Å². The van der Waals surface area contributed by atoms with Crippen molar-refractivity contribution in [2.45, 2.75) is 6.54 Å². The third-order valence-corrected chi connectivity index (χ3v) is 4.84. The van der Waals surface area contributed by atoms with Crippen molar-refractivity contribution in [1.29, 1.82) is 0 Å². The molecule has 0 amide bonds. The molecule has 0 aliphatic carbocycles. The summed E-state index contributed by atoms with van der Waals surface area (Å²) in [5, 5.41) is 0. The van der Waals surface area contributed by atoms with Crippen LogP contribution in [0.25, 0.3) is 39.4 Å². The summed E-state index contributed by atoms with van der Waals surface area (Å²) in [5.41, 5.74) is 7.03. The van der Waals surface area contributed by atoms with Gasteiger partial charge in [-0.2, -0.15) is 4.57 Å². The van der Waals surface area contributed by atoms with Crippen LogP contribution in [0.4, 0.5) is 0 Å². The second-order valence-corrected chi connectivity index (χ2v) is 6.22. The van der Waals surface area contributed by atoms with E-state index < -0.39 is 0 Å². The molecule has 0 saturated heterocycles. The lowest BCUT2D eigenvalue weighted by molar-refractivity contribution is -0.645. The van der Waals surface area contributed by atoms with Crippen LogP contribution in [0, 0.1) is 0 Å². The van der Waals surface area contributed by atoms with Crippen LogP contribution in [0.2, 0.25) is 0 Å². The number of aromatic nitrogens is 4. The summed E-state index contributed by atoms with van der Waals surface area (Å²) < 4.78 is 10.7. The van der Waals surface area contributed by atoms with Crippen LogP contribution in [-0.4, -0.2) is 14.5 Å². The number of nitrogens with zero attached hydrogens (tertiary/aromatic N) is 4. The Labute approximate surface area is 142 Å². The van der Waals surface area contributed by atoms with Gasteiger partial charge in [0.15, 0.2) is 11.1 Å². The minimum absolute atomic E-state index is 0.800. The Morgan fingerprint density at radius 2 is 1.92 bits per heavy atom. The smallest absolute Gasteiger partial charge is 0.346 e. The lowest BCUT2D eigenvalue weighted by Gasteiger charge is -1.99. The van der Waals surface area contributed by atoms with Crippen molar-refractivity contribution < 1.29 is 8.98 Å². The van der Waals surface area contributed by atoms with E-state index >= 15 is 0 Å². The van der Waals surface area contributed by atoms with Gasteiger partial charge in [-0.1, -0.05) is 18.2 Å². The van der Waals surface area contributed by atoms with E-state index in [1.807, 2.05) is 48.9 Å². The van der Waals surface area contributed by atoms with Gasteiger partial charge in [-0.05, 0) is 30.3 Å². The zero-order chi connectivity index (χ0) is 16.4. The van der Waals surface area contributed by atoms with E-state index in [-0.39, 0.29) is 0 Å². The van der Waals surface area contributed by atoms with Crippen LogP contribution in [0.3, 0.4) is 0 Å². The Bertz CT molecular complexity index is 1270. The number of para-hydroxylation sites is 1. The minimum atomic E-state index is 0.800. The lowest BCUT2D eigenvalue weighted by Crippen LogP contribution is -2.31. The summed E-state index contributed by atoms with van der Waals surface area (Å²) in [6.45, 7) is 0.800. The summed E-state index contributed by atoms with van der Waals surface area (Å²) >= 11 is 0. The molecule has 5 heterocycles. The molecule has 0 fully saturated rings. The molecule has 25 heavy (non-hydrogen) atoms. The van der Waals surface area contributed by atoms with E-state index in [0.717, 1.165) is 45.9 Å². The van der Waals surface area contributed by atoms with E-state index in [9.17, 15) is 0 Å². The molecule has 0 saturated carbocycles. The Morgan fingerprint density at radius 3 is 2.84 bits per heavy atom. The van der Waals surface area contributed by atoms with Gasteiger partial charge in [0.05, 0.1) is 5.56 Å². The Hall–Kier alpha value is -3.47. The Balaban J connectivity index is 1.83. The van der Waals surface area contributed by atoms with Crippen LogP contribution < -0.4 is 4.57 Å². The molecule has 0 spiro atoms. The van der Waals surface area contributed by atoms with Crippen molar-refractivity contribution >= 4 is 22.3 Å². The predicted octanol–water partition coefficient (Wildman–Crippen LogP) is 3.48. The van der Waals surface area contributed by atoms with Gasteiger partial charge in [-0.3, -0.25) is 4.98 Å². The van der Waals surface area contributed by atoms with Crippen LogP contribution in [0.5, 0.6) is 0 Å². The largest absolute Gasteiger partial charge is 0.417 e. The molecular formula is C20H13N4O+. The molecule has 4 aromatic heterocycles. The number of hydrogen-bond donors (Lipinski definition) is 0. The summed E-state index contributed by atoms with van der Waals surface area (Å²) in [4.78, 5) is 8.91. The zero-order valence-corrected chi connectivity index (χ0v) is 13.3. The monoisotopic (exact) mass is 325 g/mol. The van der Waals surface area contributed by atoms with Crippen molar-refractivity contribution in [1.82, 2.24) is 14.5 Å². The van der Waals surface area contributed by atoms with Gasteiger partial charge in [0.25, 0.3) is 5.82 Å². The molecule has 1 aromatic carbocycles. The Morgan fingerprint density at radius 1 is 1.00 bits per heavy atom. The number of imidazole rings is 1. The summed E-state index contributed by atoms with van der Waals surface area (Å²) in [5.74, 6) is 1.09. The summed E-state index contributed by atoms with van der Waals surface area (Å²) in [7, 11) is 0. The molecule has 0 radical (unpaired) electrons. The molecule has 6 rings (SSSR count). The molecule has 5 nitrogen and oxygen atoms in total. The Kier molecular flexibility index (Phi) is 2.34. The topological polar surface area (TPSA) is 47.7 Å². The first-order chi connectivity index (χ1) is 12.4. The lowest BCUT2D eigenvalue weighted by atomic mass is 10.2. The van der Waals surface area contributed by atoms with E-state index in [1.165, 1.54) is 5.56 Å². The average Bonchev–Trinajstić information content (AvgIpc) is 3.29. The van der Waals surface area contributed by atoms with Crippen molar-refractivity contribution in [3.63, 3.8) is 0 Å². The quantitative estimate of drug-likeness (QED) is 0.435. The molecule has 0 atom stereocenters. The van der Waals surface area contributed by atoms with E-state index in [1.54, 1.807) is 0 Å². The second kappa shape index (κ2) is 4.54. The number of benzene rings is 1. The number of furan rings is 1. The van der Waals surface area contributed by atoms with E-state index in [2.05, 4.69) is 37.3 Å². The fourth-order valence-electron chi connectivity index (χ4n) is 3.79. The number of hydrogen-bond acceptors (Lipinski definition) is 3. The van der Waals surface area contributed by atoms with E-state index in [4.69, 9.17) is 4.42 Å². The van der Waals surface area contributed by atoms with Crippen LogP contribution >= 0.6 is 0 Å². The SMILES string of the molecule is c1ccc(-n2c3[n+](c4c5ncccc5oc42)Cc2ccncc2-3)cc1. The molecule has 5 aromatic rings. The van der Waals surface area contributed by atoms with Gasteiger partial charge in [-0.15, -0.1) is 0 Å². The molecule has 1 aliphatic rings. The molecule has 5 heteroatoms. The standard InChI is InChI=1S/C20H13N4O/c1-2-5-14(6-3-1)24-19-15-11-21-10-8-13(15)12-23(19)18-17-16(25-20(18)24)7-4-9-22-17/h1-11H,12H2/q+1. The first-order valence-electron chi connectivity index (χ1n) is 8.22. The zero-order valence-electron chi connectivity index (χ0n) is 13.3. The predicted molar refractivity (Wildman–Crippen MR) is 93.4 cm³/mol. The number of pyridine rings is 2. The fraction of sp³-hybridized carbons (Fsp3) is 0.0500. The molecule has 0 bridgehead atoms. The highest BCUT2D eigenvalue weighted by Gasteiger charge is 2.38. The third kappa shape index (κ3) is 1.59. The molecule has 0 unspecified atom stereocenters. The van der Waals surface area contributed by atoms with Gasteiger partial charge in [0.2, 0.25) is 5.52 Å². The number of fused-ring (bicyclic) bond motifs is 7. The van der Waals surface area contributed by atoms with Crippen LogP contribution in [-0.2, 0) is 6.54 Å². The van der Waals surface area contributed by atoms with Gasteiger partial charge >= 0.3 is 5.71 Å². The van der Waals surface area contributed by atoms with Crippen molar-refractivity contribution in [3.8, 4) is 17.1 Å². The molecule has 0 N–H and O–H groups in total. The second-order valence-electron chi connectivity index (χ2n) is 6.22. The van der Waals surface area contributed by atoms with Gasteiger partial charge in [0.1, 0.15) is 12.2 Å². The summed E-state index contributed by atoms with van der Waals surface area (Å²) in [6, 6.07) is 16.2. The first-order valence-corrected chi connectivity index (χ1v) is 8.22. The fourth-order valence-corrected chi connectivity index (χ4v) is 3.79. The average molecular weight is 325 g/mol. The van der Waals surface area contributed by atoms with Crippen LogP contribution in [0.15, 0.2) is 71.5 Å². The van der Waals surface area contributed by atoms with Crippen LogP contribution in [0.1, 0.15) is 5.56 Å². The van der Waals surface area contributed by atoms with E-state index in [0.29, 0.717) is 0 Å². The highest BCUT2D eigenvalue weighted by Crippen LogP contribution is 2.36. The minimum Gasteiger partial charge on any atom is -0.417 e. The number of rotatable bonds is 1. The molecular weight excluding hydrogens is 312 g/mol. The maximum absolute atomic E-state index is 6.21. The normalized spacial score (nSPS) is 12.6. The van der Waals surface area contributed by atoms with Crippen molar-refractivity contribution in [3.05, 3.63) is 72.7 Å². The highest BCUT2D eigenvalue weighted by atomic mass is 16.3. The molecule has 1 aliphatic heterocycles. The van der Waals surface area contributed by atoms with Crippen molar-refractivity contribution in [2.75, 3.05) is 0 Å². The maximum Gasteiger partial charge on any atom is 0.346 e. The highest BCUT2D eigenvalue weighted by molar-refractivity contribution is 5.98. The first kappa shape index (κ1) is 12.9. The third-order valence-electron chi connectivity index (χ3n) is 4.84. The summed E-state index contributed by atoms with van der Waals surface area (Å²) in [6.07, 6.45) is 5.59. The van der Waals surface area contributed by atoms with Gasteiger partial charge in [-0.25, -0.2) is 9.55 Å².